The second-order valence-corrected chi connectivity index (χ2v) is 7.69. The molecule has 0 aromatic heterocycles. The van der Waals surface area contributed by atoms with Gasteiger partial charge in [-0.2, -0.15) is 0 Å². The van der Waals surface area contributed by atoms with Crippen LogP contribution in [0.4, 0.5) is 0 Å². The highest BCUT2D eigenvalue weighted by Crippen LogP contribution is 2.41. The van der Waals surface area contributed by atoms with Crippen molar-refractivity contribution in [2.45, 2.75) is 25.2 Å². The molecule has 0 saturated heterocycles. The van der Waals surface area contributed by atoms with Crippen LogP contribution in [0.25, 0.3) is 0 Å². The maximum atomic E-state index is 5.46. The van der Waals surface area contributed by atoms with Gasteiger partial charge in [0, 0.05) is 5.92 Å². The Balaban J connectivity index is 1.49. The summed E-state index contributed by atoms with van der Waals surface area (Å²) in [6.45, 7) is 2.08. The Morgan fingerprint density at radius 3 is 2.43 bits per heavy atom. The van der Waals surface area contributed by atoms with Crippen LogP contribution >= 0.6 is 0 Å². The summed E-state index contributed by atoms with van der Waals surface area (Å²) >= 11 is 0. The summed E-state index contributed by atoms with van der Waals surface area (Å²) in [6.07, 6.45) is 3.41. The van der Waals surface area contributed by atoms with E-state index < -0.39 is 0 Å². The van der Waals surface area contributed by atoms with Gasteiger partial charge in [0.1, 0.15) is 5.75 Å². The van der Waals surface area contributed by atoms with Gasteiger partial charge in [-0.15, -0.1) is 0 Å². The van der Waals surface area contributed by atoms with E-state index in [9.17, 15) is 0 Å². The van der Waals surface area contributed by atoms with Crippen LogP contribution in [0.1, 0.15) is 34.6 Å². The minimum Gasteiger partial charge on any atom is -0.497 e. The molecule has 0 radical (unpaired) electrons. The molecule has 4 rings (SSSR count). The fraction of sp³-hybridized carbons (Fsp3) is 0.308. The Morgan fingerprint density at radius 2 is 1.68 bits per heavy atom. The SMILES string of the molecule is COc1ccc2c(c1)CC[C@H](CNCCc1ccccc1)[C@@H]2c1ccccc1. The molecule has 0 unspecified atom stereocenters. The molecule has 0 bridgehead atoms. The first kappa shape index (κ1) is 18.8. The monoisotopic (exact) mass is 371 g/mol. The van der Waals surface area contributed by atoms with Gasteiger partial charge in [0.2, 0.25) is 0 Å². The summed E-state index contributed by atoms with van der Waals surface area (Å²) in [4.78, 5) is 0. The fourth-order valence-electron chi connectivity index (χ4n) is 4.49. The third kappa shape index (κ3) is 4.28. The Morgan fingerprint density at radius 1 is 0.929 bits per heavy atom. The molecule has 3 aromatic carbocycles. The van der Waals surface area contributed by atoms with Crippen LogP contribution in [-0.4, -0.2) is 20.2 Å². The van der Waals surface area contributed by atoms with E-state index in [0.717, 1.165) is 31.7 Å². The second-order valence-electron chi connectivity index (χ2n) is 7.69. The summed E-state index contributed by atoms with van der Waals surface area (Å²) in [5.41, 5.74) is 5.72. The number of fused-ring (bicyclic) bond motifs is 1. The average molecular weight is 372 g/mol. The van der Waals surface area contributed by atoms with Crippen molar-refractivity contribution in [2.75, 3.05) is 20.2 Å². The predicted octanol–water partition coefficient (Wildman–Crippen LogP) is 5.22. The molecule has 28 heavy (non-hydrogen) atoms. The molecular weight excluding hydrogens is 342 g/mol. The van der Waals surface area contributed by atoms with Crippen molar-refractivity contribution in [3.8, 4) is 5.75 Å². The van der Waals surface area contributed by atoms with Crippen molar-refractivity contribution >= 4 is 0 Å². The Bertz CT molecular complexity index is 875. The van der Waals surface area contributed by atoms with Crippen molar-refractivity contribution in [3.05, 3.63) is 101 Å². The van der Waals surface area contributed by atoms with E-state index in [2.05, 4.69) is 84.2 Å². The van der Waals surface area contributed by atoms with Gasteiger partial charge in [-0.05, 0) is 72.7 Å². The molecule has 0 amide bonds. The number of methoxy groups -OCH3 is 1. The van der Waals surface area contributed by atoms with Crippen molar-refractivity contribution < 1.29 is 4.74 Å². The van der Waals surface area contributed by atoms with Crippen molar-refractivity contribution in [1.29, 1.82) is 0 Å². The molecule has 0 heterocycles. The molecule has 0 aliphatic heterocycles. The van der Waals surface area contributed by atoms with Crippen LogP contribution in [0.3, 0.4) is 0 Å². The first-order valence-corrected chi connectivity index (χ1v) is 10.3. The van der Waals surface area contributed by atoms with Crippen LogP contribution < -0.4 is 10.1 Å². The maximum absolute atomic E-state index is 5.46. The number of aryl methyl sites for hydroxylation is 1. The van der Waals surface area contributed by atoms with Crippen molar-refractivity contribution in [3.63, 3.8) is 0 Å². The number of benzene rings is 3. The van der Waals surface area contributed by atoms with Gasteiger partial charge < -0.3 is 10.1 Å². The molecule has 1 aliphatic carbocycles. The second kappa shape index (κ2) is 9.07. The van der Waals surface area contributed by atoms with Gasteiger partial charge in [-0.3, -0.25) is 0 Å². The standard InChI is InChI=1S/C26H29NO/c1-28-24-14-15-25-22(18-24)12-13-23(26(25)21-10-6-3-7-11-21)19-27-17-16-20-8-4-2-5-9-20/h2-11,14-15,18,23,26-27H,12-13,16-17,19H2,1H3/t23-,26+/m1/s1. The van der Waals surface area contributed by atoms with Crippen molar-refractivity contribution in [1.82, 2.24) is 5.32 Å². The number of rotatable bonds is 7. The van der Waals surface area contributed by atoms with E-state index in [1.165, 1.54) is 28.7 Å². The Kier molecular flexibility index (Phi) is 6.08. The van der Waals surface area contributed by atoms with Gasteiger partial charge in [0.05, 0.1) is 7.11 Å². The zero-order valence-electron chi connectivity index (χ0n) is 16.6. The highest BCUT2D eigenvalue weighted by Gasteiger charge is 2.30. The topological polar surface area (TPSA) is 21.3 Å². The summed E-state index contributed by atoms with van der Waals surface area (Å²) < 4.78 is 5.46. The normalized spacial score (nSPS) is 18.5. The highest BCUT2D eigenvalue weighted by atomic mass is 16.5. The van der Waals surface area contributed by atoms with E-state index in [4.69, 9.17) is 4.74 Å². The molecule has 0 fully saturated rings. The van der Waals surface area contributed by atoms with Crippen LogP contribution in [0.5, 0.6) is 5.75 Å². The minimum absolute atomic E-state index is 0.445. The van der Waals surface area contributed by atoms with Gasteiger partial charge in [0.25, 0.3) is 0 Å². The van der Waals surface area contributed by atoms with Crippen LogP contribution in [0.2, 0.25) is 0 Å². The average Bonchev–Trinajstić information content (AvgIpc) is 2.77. The quantitative estimate of drug-likeness (QED) is 0.575. The summed E-state index contributed by atoms with van der Waals surface area (Å²) in [5.74, 6) is 2.02. The fourth-order valence-corrected chi connectivity index (χ4v) is 4.49. The molecule has 1 aliphatic rings. The first-order valence-electron chi connectivity index (χ1n) is 10.3. The number of ether oxygens (including phenoxy) is 1. The van der Waals surface area contributed by atoms with E-state index in [1.54, 1.807) is 7.11 Å². The van der Waals surface area contributed by atoms with E-state index >= 15 is 0 Å². The maximum Gasteiger partial charge on any atom is 0.119 e. The zero-order chi connectivity index (χ0) is 19.2. The predicted molar refractivity (Wildman–Crippen MR) is 116 cm³/mol. The van der Waals surface area contributed by atoms with E-state index in [-0.39, 0.29) is 0 Å². The number of hydrogen-bond acceptors (Lipinski definition) is 2. The Hall–Kier alpha value is -2.58. The van der Waals surface area contributed by atoms with Crippen molar-refractivity contribution in [2.24, 2.45) is 5.92 Å². The minimum atomic E-state index is 0.445. The third-order valence-electron chi connectivity index (χ3n) is 5.94. The van der Waals surface area contributed by atoms with Crippen LogP contribution in [0.15, 0.2) is 78.9 Å². The van der Waals surface area contributed by atoms with Gasteiger partial charge >= 0.3 is 0 Å². The molecule has 2 atom stereocenters. The van der Waals surface area contributed by atoms with Gasteiger partial charge in [-0.25, -0.2) is 0 Å². The van der Waals surface area contributed by atoms with Crippen LogP contribution in [-0.2, 0) is 12.8 Å². The van der Waals surface area contributed by atoms with Crippen LogP contribution in [0, 0.1) is 5.92 Å². The first-order chi connectivity index (χ1) is 13.8. The zero-order valence-corrected chi connectivity index (χ0v) is 16.6. The summed E-state index contributed by atoms with van der Waals surface area (Å²) in [5, 5.41) is 3.73. The highest BCUT2D eigenvalue weighted by molar-refractivity contribution is 5.44. The molecular formula is C26H29NO. The molecule has 3 aromatic rings. The largest absolute Gasteiger partial charge is 0.497 e. The number of hydrogen-bond donors (Lipinski definition) is 1. The van der Waals surface area contributed by atoms with Gasteiger partial charge in [-0.1, -0.05) is 66.7 Å². The number of nitrogens with one attached hydrogen (secondary N) is 1. The lowest BCUT2D eigenvalue weighted by Crippen LogP contribution is -2.32. The molecule has 2 heteroatoms. The van der Waals surface area contributed by atoms with E-state index in [0.29, 0.717) is 11.8 Å². The smallest absolute Gasteiger partial charge is 0.119 e. The summed E-state index contributed by atoms with van der Waals surface area (Å²) in [7, 11) is 1.75. The van der Waals surface area contributed by atoms with Gasteiger partial charge in [0.15, 0.2) is 0 Å². The third-order valence-corrected chi connectivity index (χ3v) is 5.94. The molecule has 144 valence electrons. The molecule has 1 N–H and O–H groups in total. The van der Waals surface area contributed by atoms with E-state index in [1.807, 2.05) is 0 Å². The lowest BCUT2D eigenvalue weighted by molar-refractivity contribution is 0.381. The molecule has 0 saturated carbocycles. The lowest BCUT2D eigenvalue weighted by atomic mass is 9.71. The molecule has 2 nitrogen and oxygen atoms in total. The molecule has 0 spiro atoms. The Labute approximate surface area is 168 Å². The summed E-state index contributed by atoms with van der Waals surface area (Å²) in [6, 6.07) is 28.3. The lowest BCUT2D eigenvalue weighted by Gasteiger charge is -2.34.